The van der Waals surface area contributed by atoms with Crippen LogP contribution in [-0.4, -0.2) is 24.0 Å². The van der Waals surface area contributed by atoms with Crippen LogP contribution >= 0.6 is 0 Å². The second-order valence-corrected chi connectivity index (χ2v) is 5.15. The first-order valence-electron chi connectivity index (χ1n) is 6.03. The lowest BCUT2D eigenvalue weighted by atomic mass is 9.77. The average molecular weight is 181 g/mol. The normalized spacial score (nSPS) is 36.2. The van der Waals surface area contributed by atoms with Crippen molar-refractivity contribution in [2.75, 3.05) is 13.1 Å². The molecule has 1 nitrogen and oxygen atoms in total. The van der Waals surface area contributed by atoms with Crippen molar-refractivity contribution >= 4 is 0 Å². The van der Waals surface area contributed by atoms with Gasteiger partial charge in [0.15, 0.2) is 0 Å². The molecule has 13 heavy (non-hydrogen) atoms. The third-order valence-electron chi connectivity index (χ3n) is 4.00. The number of hydrogen-bond donors (Lipinski definition) is 0. The van der Waals surface area contributed by atoms with E-state index in [2.05, 4.69) is 18.7 Å². The maximum absolute atomic E-state index is 2.76. The molecule has 0 aromatic rings. The molecule has 0 bridgehead atoms. The van der Waals surface area contributed by atoms with Gasteiger partial charge in [-0.05, 0) is 50.6 Å². The standard InChI is InChI=1S/C12H23N/c1-10(2)11-6-5-9-13-8-4-3-7-12(11)13/h10-12H,3-9H2,1-2H3/t11-,12?/m0/s1. The zero-order valence-corrected chi connectivity index (χ0v) is 9.13. The summed E-state index contributed by atoms with van der Waals surface area (Å²) in [5, 5.41) is 0. The van der Waals surface area contributed by atoms with Gasteiger partial charge in [-0.25, -0.2) is 0 Å². The summed E-state index contributed by atoms with van der Waals surface area (Å²) >= 11 is 0. The van der Waals surface area contributed by atoms with E-state index in [0.717, 1.165) is 17.9 Å². The molecule has 2 saturated heterocycles. The minimum absolute atomic E-state index is 0.894. The number of nitrogens with zero attached hydrogens (tertiary/aromatic N) is 1. The van der Waals surface area contributed by atoms with Crippen molar-refractivity contribution in [1.82, 2.24) is 4.90 Å². The van der Waals surface area contributed by atoms with Crippen LogP contribution in [0.2, 0.25) is 0 Å². The van der Waals surface area contributed by atoms with Gasteiger partial charge in [-0.1, -0.05) is 20.3 Å². The molecule has 2 aliphatic rings. The molecule has 0 aromatic carbocycles. The van der Waals surface area contributed by atoms with E-state index in [4.69, 9.17) is 0 Å². The van der Waals surface area contributed by atoms with Crippen LogP contribution in [0.5, 0.6) is 0 Å². The van der Waals surface area contributed by atoms with Crippen LogP contribution in [0.1, 0.15) is 46.0 Å². The second-order valence-electron chi connectivity index (χ2n) is 5.15. The summed E-state index contributed by atoms with van der Waals surface area (Å²) in [7, 11) is 0. The predicted molar refractivity (Wildman–Crippen MR) is 56.8 cm³/mol. The predicted octanol–water partition coefficient (Wildman–Crippen LogP) is 2.91. The Labute approximate surface area is 82.5 Å². The first kappa shape index (κ1) is 9.51. The molecule has 2 rings (SSSR count). The molecule has 2 heterocycles. The van der Waals surface area contributed by atoms with E-state index in [-0.39, 0.29) is 0 Å². The zero-order valence-electron chi connectivity index (χ0n) is 9.13. The minimum atomic E-state index is 0.894. The Morgan fingerprint density at radius 1 is 1.00 bits per heavy atom. The van der Waals surface area contributed by atoms with Crippen molar-refractivity contribution in [3.8, 4) is 0 Å². The molecule has 0 N–H and O–H groups in total. The molecule has 0 radical (unpaired) electrons. The Hall–Kier alpha value is -0.0400. The molecular formula is C12H23N. The average Bonchev–Trinajstić information content (AvgIpc) is 2.17. The Bertz CT molecular complexity index is 163. The summed E-state index contributed by atoms with van der Waals surface area (Å²) in [6.45, 7) is 7.58. The minimum Gasteiger partial charge on any atom is -0.300 e. The summed E-state index contributed by atoms with van der Waals surface area (Å²) < 4.78 is 0. The Kier molecular flexibility index (Phi) is 2.92. The summed E-state index contributed by atoms with van der Waals surface area (Å²) in [5.41, 5.74) is 0. The molecule has 2 atom stereocenters. The number of hydrogen-bond acceptors (Lipinski definition) is 1. The molecule has 0 saturated carbocycles. The van der Waals surface area contributed by atoms with Crippen LogP contribution in [0.15, 0.2) is 0 Å². The highest BCUT2D eigenvalue weighted by atomic mass is 15.2. The van der Waals surface area contributed by atoms with Crippen molar-refractivity contribution < 1.29 is 0 Å². The van der Waals surface area contributed by atoms with Crippen molar-refractivity contribution in [2.24, 2.45) is 11.8 Å². The third-order valence-corrected chi connectivity index (χ3v) is 4.00. The molecule has 1 heteroatoms. The molecule has 76 valence electrons. The topological polar surface area (TPSA) is 3.24 Å². The monoisotopic (exact) mass is 181 g/mol. The lowest BCUT2D eigenvalue weighted by molar-refractivity contribution is 0.0391. The molecule has 0 spiro atoms. The van der Waals surface area contributed by atoms with E-state index in [9.17, 15) is 0 Å². The number of fused-ring (bicyclic) bond motifs is 1. The van der Waals surface area contributed by atoms with Crippen LogP contribution in [0.3, 0.4) is 0 Å². The molecule has 0 aromatic heterocycles. The highest BCUT2D eigenvalue weighted by molar-refractivity contribution is 4.88. The van der Waals surface area contributed by atoms with Crippen LogP contribution in [0, 0.1) is 11.8 Å². The fraction of sp³-hybridized carbons (Fsp3) is 1.00. The summed E-state index contributed by atoms with van der Waals surface area (Å²) in [5.74, 6) is 1.89. The van der Waals surface area contributed by atoms with Gasteiger partial charge in [-0.2, -0.15) is 0 Å². The number of piperidine rings is 2. The lowest BCUT2D eigenvalue weighted by Crippen LogP contribution is -2.49. The van der Waals surface area contributed by atoms with E-state index in [1.807, 2.05) is 0 Å². The lowest BCUT2D eigenvalue weighted by Gasteiger charge is -2.46. The van der Waals surface area contributed by atoms with E-state index in [1.165, 1.54) is 45.2 Å². The van der Waals surface area contributed by atoms with Gasteiger partial charge in [0.2, 0.25) is 0 Å². The van der Waals surface area contributed by atoms with E-state index in [0.29, 0.717) is 0 Å². The van der Waals surface area contributed by atoms with E-state index < -0.39 is 0 Å². The van der Waals surface area contributed by atoms with Crippen LogP contribution in [-0.2, 0) is 0 Å². The van der Waals surface area contributed by atoms with Crippen molar-refractivity contribution in [3.63, 3.8) is 0 Å². The molecule has 0 amide bonds. The van der Waals surface area contributed by atoms with Crippen LogP contribution in [0.4, 0.5) is 0 Å². The second kappa shape index (κ2) is 4.00. The highest BCUT2D eigenvalue weighted by Gasteiger charge is 2.34. The van der Waals surface area contributed by atoms with Crippen molar-refractivity contribution in [2.45, 2.75) is 52.0 Å². The smallest absolute Gasteiger partial charge is 0.0126 e. The molecule has 1 unspecified atom stereocenters. The largest absolute Gasteiger partial charge is 0.300 e. The number of rotatable bonds is 1. The molecule has 2 aliphatic heterocycles. The van der Waals surface area contributed by atoms with Crippen molar-refractivity contribution in [3.05, 3.63) is 0 Å². The van der Waals surface area contributed by atoms with Gasteiger partial charge < -0.3 is 4.90 Å². The van der Waals surface area contributed by atoms with Gasteiger partial charge in [0, 0.05) is 6.04 Å². The van der Waals surface area contributed by atoms with Gasteiger partial charge in [0.25, 0.3) is 0 Å². The van der Waals surface area contributed by atoms with Crippen LogP contribution in [0.25, 0.3) is 0 Å². The Morgan fingerprint density at radius 3 is 2.54 bits per heavy atom. The zero-order chi connectivity index (χ0) is 9.26. The highest BCUT2D eigenvalue weighted by Crippen LogP contribution is 2.34. The van der Waals surface area contributed by atoms with Crippen LogP contribution < -0.4 is 0 Å². The molecule has 0 aliphatic carbocycles. The fourth-order valence-electron chi connectivity index (χ4n) is 3.28. The van der Waals surface area contributed by atoms with E-state index in [1.54, 1.807) is 0 Å². The van der Waals surface area contributed by atoms with Gasteiger partial charge in [0.1, 0.15) is 0 Å². The van der Waals surface area contributed by atoms with Gasteiger partial charge >= 0.3 is 0 Å². The first-order chi connectivity index (χ1) is 6.29. The summed E-state index contributed by atoms with van der Waals surface area (Å²) in [6.07, 6.45) is 7.33. The summed E-state index contributed by atoms with van der Waals surface area (Å²) in [6, 6.07) is 0.947. The van der Waals surface area contributed by atoms with Gasteiger partial charge in [-0.3, -0.25) is 0 Å². The molecular weight excluding hydrogens is 158 g/mol. The maximum atomic E-state index is 2.76. The summed E-state index contributed by atoms with van der Waals surface area (Å²) in [4.78, 5) is 2.76. The quantitative estimate of drug-likeness (QED) is 0.601. The van der Waals surface area contributed by atoms with Crippen molar-refractivity contribution in [1.29, 1.82) is 0 Å². The van der Waals surface area contributed by atoms with Gasteiger partial charge in [-0.15, -0.1) is 0 Å². The first-order valence-corrected chi connectivity index (χ1v) is 6.03. The maximum Gasteiger partial charge on any atom is 0.0126 e. The third kappa shape index (κ3) is 1.90. The Morgan fingerprint density at radius 2 is 1.77 bits per heavy atom. The van der Waals surface area contributed by atoms with E-state index >= 15 is 0 Å². The SMILES string of the molecule is CC(C)[C@@H]1CCCN2CCCCC12. The fourth-order valence-corrected chi connectivity index (χ4v) is 3.28. The Balaban J connectivity index is 2.02. The molecule has 2 fully saturated rings. The van der Waals surface area contributed by atoms with Gasteiger partial charge in [0.05, 0.1) is 0 Å².